The van der Waals surface area contributed by atoms with Gasteiger partial charge in [0.2, 0.25) is 0 Å². The van der Waals surface area contributed by atoms with Gasteiger partial charge in [-0.25, -0.2) is 4.79 Å². The largest absolute Gasteiger partial charge is 0.444 e. The molecule has 4 heteroatoms. The second-order valence-corrected chi connectivity index (χ2v) is 6.74. The van der Waals surface area contributed by atoms with Gasteiger partial charge in [0.05, 0.1) is 0 Å². The zero-order valence-corrected chi connectivity index (χ0v) is 13.5. The van der Waals surface area contributed by atoms with Crippen molar-refractivity contribution in [2.45, 2.75) is 52.1 Å². The van der Waals surface area contributed by atoms with Crippen LogP contribution in [0, 0.1) is 6.92 Å². The molecule has 2 N–H and O–H groups in total. The standard InChI is InChI=1S/C17H26N2O2/c1-12-7-8-13(14-6-5-9-18-11-14)10-15(12)19-16(20)21-17(2,3)4/h7-8,10,14,18H,5-6,9,11H2,1-4H3,(H,19,20). The molecule has 1 aliphatic heterocycles. The van der Waals surface area contributed by atoms with Crippen LogP contribution in [0.25, 0.3) is 0 Å². The summed E-state index contributed by atoms with van der Waals surface area (Å²) in [7, 11) is 0. The number of ether oxygens (including phenoxy) is 1. The Kier molecular flexibility index (Phi) is 4.88. The molecule has 4 nitrogen and oxygen atoms in total. The lowest BCUT2D eigenvalue weighted by Crippen LogP contribution is -2.29. The predicted molar refractivity (Wildman–Crippen MR) is 85.9 cm³/mol. The lowest BCUT2D eigenvalue weighted by molar-refractivity contribution is 0.0636. The Balaban J connectivity index is 2.10. The molecule has 1 aliphatic rings. The lowest BCUT2D eigenvalue weighted by atomic mass is 9.91. The molecule has 21 heavy (non-hydrogen) atoms. The maximum Gasteiger partial charge on any atom is 0.412 e. The zero-order chi connectivity index (χ0) is 15.5. The number of amides is 1. The Bertz CT molecular complexity index is 500. The molecular weight excluding hydrogens is 264 g/mol. The highest BCUT2D eigenvalue weighted by Gasteiger charge is 2.19. The van der Waals surface area contributed by atoms with Crippen molar-refractivity contribution in [3.8, 4) is 0 Å². The highest BCUT2D eigenvalue weighted by molar-refractivity contribution is 5.86. The van der Waals surface area contributed by atoms with Gasteiger partial charge in [0.25, 0.3) is 0 Å². The molecule has 1 atom stereocenters. The molecule has 0 bridgehead atoms. The number of hydrogen-bond acceptors (Lipinski definition) is 3. The summed E-state index contributed by atoms with van der Waals surface area (Å²) in [5.74, 6) is 0.526. The van der Waals surface area contributed by atoms with E-state index in [-0.39, 0.29) is 0 Å². The minimum atomic E-state index is -0.483. The van der Waals surface area contributed by atoms with Crippen LogP contribution in [0.15, 0.2) is 18.2 Å². The number of nitrogens with one attached hydrogen (secondary N) is 2. The van der Waals surface area contributed by atoms with Crippen LogP contribution in [0.1, 0.15) is 50.7 Å². The maximum absolute atomic E-state index is 11.9. The fourth-order valence-corrected chi connectivity index (χ4v) is 2.58. The van der Waals surface area contributed by atoms with Crippen molar-refractivity contribution >= 4 is 11.8 Å². The van der Waals surface area contributed by atoms with E-state index >= 15 is 0 Å². The Hall–Kier alpha value is -1.55. The second-order valence-electron chi connectivity index (χ2n) is 6.74. The third kappa shape index (κ3) is 4.74. The minimum absolute atomic E-state index is 0.399. The SMILES string of the molecule is Cc1ccc(C2CCCNC2)cc1NC(=O)OC(C)(C)C. The molecule has 1 aromatic rings. The van der Waals surface area contributed by atoms with Gasteiger partial charge < -0.3 is 10.1 Å². The third-order valence-electron chi connectivity index (χ3n) is 3.67. The Morgan fingerprint density at radius 3 is 2.76 bits per heavy atom. The second kappa shape index (κ2) is 6.48. The summed E-state index contributed by atoms with van der Waals surface area (Å²) in [6.07, 6.45) is 2.00. The summed E-state index contributed by atoms with van der Waals surface area (Å²) in [5, 5.41) is 6.29. The summed E-state index contributed by atoms with van der Waals surface area (Å²) in [4.78, 5) is 11.9. The molecular formula is C17H26N2O2. The number of piperidine rings is 1. The maximum atomic E-state index is 11.9. The number of anilines is 1. The van der Waals surface area contributed by atoms with E-state index in [0.717, 1.165) is 24.3 Å². The van der Waals surface area contributed by atoms with Crippen molar-refractivity contribution in [1.29, 1.82) is 0 Å². The summed E-state index contributed by atoms with van der Waals surface area (Å²) >= 11 is 0. The van der Waals surface area contributed by atoms with Gasteiger partial charge in [-0.3, -0.25) is 5.32 Å². The zero-order valence-electron chi connectivity index (χ0n) is 13.5. The van der Waals surface area contributed by atoms with E-state index in [1.165, 1.54) is 18.4 Å². The van der Waals surface area contributed by atoms with Crippen LogP contribution in [-0.2, 0) is 4.74 Å². The van der Waals surface area contributed by atoms with Gasteiger partial charge in [-0.15, -0.1) is 0 Å². The number of hydrogen-bond donors (Lipinski definition) is 2. The topological polar surface area (TPSA) is 50.4 Å². The van der Waals surface area contributed by atoms with Gasteiger partial charge in [0.1, 0.15) is 5.60 Å². The van der Waals surface area contributed by atoms with E-state index in [2.05, 4.69) is 28.8 Å². The van der Waals surface area contributed by atoms with Gasteiger partial charge in [0.15, 0.2) is 0 Å². The van der Waals surface area contributed by atoms with Crippen molar-refractivity contribution in [1.82, 2.24) is 5.32 Å². The molecule has 1 heterocycles. The van der Waals surface area contributed by atoms with Gasteiger partial charge in [-0.1, -0.05) is 12.1 Å². The molecule has 1 saturated heterocycles. The van der Waals surface area contributed by atoms with E-state index in [9.17, 15) is 4.79 Å². The summed E-state index contributed by atoms with van der Waals surface area (Å²) in [6.45, 7) is 9.70. The Morgan fingerprint density at radius 1 is 1.38 bits per heavy atom. The fourth-order valence-electron chi connectivity index (χ4n) is 2.58. The van der Waals surface area contributed by atoms with Crippen LogP contribution >= 0.6 is 0 Å². The number of aryl methyl sites for hydroxylation is 1. The first kappa shape index (κ1) is 15.8. The molecule has 1 aromatic carbocycles. The summed E-state index contributed by atoms with van der Waals surface area (Å²) < 4.78 is 5.32. The number of benzene rings is 1. The van der Waals surface area contributed by atoms with Crippen molar-refractivity contribution in [3.05, 3.63) is 29.3 Å². The molecule has 0 aliphatic carbocycles. The average Bonchev–Trinajstić information content (AvgIpc) is 2.40. The summed E-state index contributed by atoms with van der Waals surface area (Å²) in [6, 6.07) is 6.31. The molecule has 0 aromatic heterocycles. The van der Waals surface area contributed by atoms with Crippen LogP contribution in [0.3, 0.4) is 0 Å². The molecule has 1 fully saturated rings. The third-order valence-corrected chi connectivity index (χ3v) is 3.67. The van der Waals surface area contributed by atoms with Gasteiger partial charge in [-0.05, 0) is 70.2 Å². The molecule has 0 saturated carbocycles. The highest BCUT2D eigenvalue weighted by atomic mass is 16.6. The van der Waals surface area contributed by atoms with Crippen LogP contribution in [0.4, 0.5) is 10.5 Å². The van der Waals surface area contributed by atoms with Crippen LogP contribution in [0.2, 0.25) is 0 Å². The van der Waals surface area contributed by atoms with E-state index in [1.54, 1.807) is 0 Å². The van der Waals surface area contributed by atoms with E-state index < -0.39 is 11.7 Å². The minimum Gasteiger partial charge on any atom is -0.444 e. The first-order valence-electron chi connectivity index (χ1n) is 7.66. The highest BCUT2D eigenvalue weighted by Crippen LogP contribution is 2.27. The molecule has 0 radical (unpaired) electrons. The van der Waals surface area contributed by atoms with Gasteiger partial charge in [-0.2, -0.15) is 0 Å². The lowest BCUT2D eigenvalue weighted by Gasteiger charge is -2.24. The monoisotopic (exact) mass is 290 g/mol. The first-order valence-corrected chi connectivity index (χ1v) is 7.66. The molecule has 2 rings (SSSR count). The quantitative estimate of drug-likeness (QED) is 0.871. The summed E-state index contributed by atoms with van der Waals surface area (Å²) in [5.41, 5.74) is 2.68. The predicted octanol–water partition coefficient (Wildman–Crippen LogP) is 3.81. The van der Waals surface area contributed by atoms with E-state index in [4.69, 9.17) is 4.74 Å². The van der Waals surface area contributed by atoms with Crippen molar-refractivity contribution in [2.75, 3.05) is 18.4 Å². The van der Waals surface area contributed by atoms with Gasteiger partial charge in [0, 0.05) is 12.2 Å². The van der Waals surface area contributed by atoms with Crippen molar-refractivity contribution < 1.29 is 9.53 Å². The molecule has 116 valence electrons. The number of carbonyl (C=O) groups is 1. The van der Waals surface area contributed by atoms with Crippen LogP contribution in [-0.4, -0.2) is 24.8 Å². The van der Waals surface area contributed by atoms with Crippen LogP contribution < -0.4 is 10.6 Å². The van der Waals surface area contributed by atoms with Crippen molar-refractivity contribution in [2.24, 2.45) is 0 Å². The first-order chi connectivity index (χ1) is 9.85. The smallest absolute Gasteiger partial charge is 0.412 e. The number of rotatable bonds is 2. The molecule has 1 amide bonds. The van der Waals surface area contributed by atoms with E-state index in [1.807, 2.05) is 27.7 Å². The molecule has 0 spiro atoms. The van der Waals surface area contributed by atoms with Crippen LogP contribution in [0.5, 0.6) is 0 Å². The van der Waals surface area contributed by atoms with E-state index in [0.29, 0.717) is 5.92 Å². The average molecular weight is 290 g/mol. The Labute approximate surface area is 127 Å². The normalized spacial score (nSPS) is 19.1. The van der Waals surface area contributed by atoms with Crippen molar-refractivity contribution in [3.63, 3.8) is 0 Å². The Morgan fingerprint density at radius 2 is 2.14 bits per heavy atom. The fraction of sp³-hybridized carbons (Fsp3) is 0.588. The van der Waals surface area contributed by atoms with Gasteiger partial charge >= 0.3 is 6.09 Å². The molecule has 1 unspecified atom stereocenters. The number of carbonyl (C=O) groups excluding carboxylic acids is 1.